The van der Waals surface area contributed by atoms with Gasteiger partial charge in [-0.05, 0) is 71.6 Å². The molecule has 0 fully saturated rings. The molecule has 1 aromatic heterocycles. The fourth-order valence-electron chi connectivity index (χ4n) is 4.75. The van der Waals surface area contributed by atoms with E-state index in [2.05, 4.69) is 49.4 Å². The van der Waals surface area contributed by atoms with Gasteiger partial charge in [0.2, 0.25) is 23.1 Å². The number of anilines is 5. The molecule has 5 rings (SSSR count). The number of benzene rings is 4. The van der Waals surface area contributed by atoms with E-state index in [4.69, 9.17) is 21.4 Å². The van der Waals surface area contributed by atoms with E-state index in [0.717, 1.165) is 30.1 Å². The van der Waals surface area contributed by atoms with Crippen LogP contribution in [0.25, 0.3) is 10.8 Å². The third-order valence-electron chi connectivity index (χ3n) is 7.24. The normalized spacial score (nSPS) is 12.2. The van der Waals surface area contributed by atoms with Crippen LogP contribution in [0.3, 0.4) is 0 Å². The molecule has 0 saturated heterocycles. The highest BCUT2D eigenvalue weighted by molar-refractivity contribution is 7.94. The minimum Gasteiger partial charge on any atom is -0.324 e. The molecule has 0 aliphatic rings. The van der Waals surface area contributed by atoms with Crippen molar-refractivity contribution in [1.29, 1.82) is 0 Å². The van der Waals surface area contributed by atoms with Crippen LogP contribution in [0.1, 0.15) is 6.92 Å². The number of fused-ring (bicyclic) bond motifs is 1. The maximum absolute atomic E-state index is 12.4. The van der Waals surface area contributed by atoms with Gasteiger partial charge >= 0.3 is 10.4 Å². The van der Waals surface area contributed by atoms with Crippen molar-refractivity contribution in [2.24, 2.45) is 10.2 Å². The lowest BCUT2D eigenvalue weighted by Crippen LogP contribution is -2.14. The standard InChI is InChI=1S/C28H23ClN8O10S3.C3H8O6S2/c1-15(38)30-22-12-17(31-27-32-26(29)33-28(34-27)37(2)18-6-4-3-5-7-18)8-9-21(22)35-36-23-14-20-16(11-25(23)50(43,44)45)10-19(48-47-46-39)13-24(20)49(40,41)42;1-10(4,5)3-2-9-11(6,7)8/h3-14,39H,1-2H3,(H,30,38)(H,40,41,42)(H,43,44,45)(H,31,32,33,34);2-3H2,1H3,(H,6,7,8). The van der Waals surface area contributed by atoms with Gasteiger partial charge in [-0.2, -0.15) is 40.2 Å². The van der Waals surface area contributed by atoms with Crippen LogP contribution in [0, 0.1) is 0 Å². The molecule has 0 aliphatic carbocycles. The lowest BCUT2D eigenvalue weighted by Gasteiger charge is -2.18. The summed E-state index contributed by atoms with van der Waals surface area (Å²) >= 11 is 6.51. The molecule has 0 saturated carbocycles. The smallest absolute Gasteiger partial charge is 0.324 e. The number of rotatable bonds is 16. The number of halogens is 1. The Morgan fingerprint density at radius 2 is 1.51 bits per heavy atom. The first-order valence-corrected chi connectivity index (χ1v) is 23.6. The monoisotopic (exact) mass is 966 g/mol. The number of aromatic nitrogens is 3. The highest BCUT2D eigenvalue weighted by atomic mass is 35.5. The van der Waals surface area contributed by atoms with Gasteiger partial charge in [-0.25, -0.2) is 17.9 Å². The molecule has 0 unspecified atom stereocenters. The lowest BCUT2D eigenvalue weighted by molar-refractivity contribution is -0.432. The van der Waals surface area contributed by atoms with E-state index in [9.17, 15) is 47.6 Å². The maximum atomic E-state index is 12.4. The van der Waals surface area contributed by atoms with Gasteiger partial charge in [-0.15, -0.1) is 14.6 Å². The Morgan fingerprint density at radius 3 is 2.10 bits per heavy atom. The molecule has 328 valence electrons. The van der Waals surface area contributed by atoms with E-state index in [-0.39, 0.29) is 44.2 Å². The average Bonchev–Trinajstić information content (AvgIpc) is 3.14. The zero-order chi connectivity index (χ0) is 45.3. The topological polar surface area (TPSA) is 353 Å². The first kappa shape index (κ1) is 48.6. The summed E-state index contributed by atoms with van der Waals surface area (Å²) < 4.78 is 125. The van der Waals surface area contributed by atoms with Gasteiger partial charge in [0, 0.05) is 41.9 Å². The van der Waals surface area contributed by atoms with Gasteiger partial charge in [0.05, 0.1) is 30.1 Å². The number of carbonyl (C=O) groups excluding carboxylic acids is 1. The first-order chi connectivity index (χ1) is 28.3. The van der Waals surface area contributed by atoms with Gasteiger partial charge in [0.15, 0.2) is 0 Å². The summed E-state index contributed by atoms with van der Waals surface area (Å²) in [6.07, 6.45) is 0.931. The van der Waals surface area contributed by atoms with Crippen LogP contribution < -0.4 is 15.5 Å². The molecular formula is C31H31ClN8O16S5. The van der Waals surface area contributed by atoms with Crippen LogP contribution in [0.4, 0.5) is 40.3 Å². The van der Waals surface area contributed by atoms with Crippen LogP contribution in [0.5, 0.6) is 0 Å². The SMILES string of the molecule is CC(=O)Nc1cc(Nc2nc(Cl)nc(N(C)c3ccccc3)n2)ccc1N=Nc1cc2c(S(=O)(=O)O)cc(SOOO)cc2cc1S(=O)(=O)O.CS(=O)(=O)CCOS(=O)(=O)O. The summed E-state index contributed by atoms with van der Waals surface area (Å²) in [6.45, 7) is 0.678. The predicted octanol–water partition coefficient (Wildman–Crippen LogP) is 5.34. The molecule has 30 heteroatoms. The average molecular weight is 967 g/mol. The van der Waals surface area contributed by atoms with Gasteiger partial charge in [-0.3, -0.25) is 18.5 Å². The lowest BCUT2D eigenvalue weighted by atomic mass is 10.1. The summed E-state index contributed by atoms with van der Waals surface area (Å²) in [5, 5.41) is 25.1. The van der Waals surface area contributed by atoms with Crippen LogP contribution in [0.15, 0.2) is 97.7 Å². The van der Waals surface area contributed by atoms with Gasteiger partial charge in [0.1, 0.15) is 31.0 Å². The van der Waals surface area contributed by atoms with Gasteiger partial charge < -0.3 is 15.5 Å². The largest absolute Gasteiger partial charge is 0.397 e. The number of amides is 1. The second-order valence-electron chi connectivity index (χ2n) is 11.9. The summed E-state index contributed by atoms with van der Waals surface area (Å²) in [6, 6.07) is 17.7. The van der Waals surface area contributed by atoms with Crippen molar-refractivity contribution in [3.05, 3.63) is 78.1 Å². The molecular weight excluding hydrogens is 936 g/mol. The van der Waals surface area contributed by atoms with Crippen molar-refractivity contribution in [2.45, 2.75) is 21.6 Å². The fourth-order valence-corrected chi connectivity index (χ4v) is 7.59. The molecule has 0 atom stereocenters. The van der Waals surface area contributed by atoms with Crippen molar-refractivity contribution in [2.75, 3.05) is 41.2 Å². The number of para-hydroxylation sites is 1. The van der Waals surface area contributed by atoms with E-state index in [1.54, 1.807) is 11.9 Å². The number of hydrogen-bond donors (Lipinski definition) is 6. The van der Waals surface area contributed by atoms with Crippen molar-refractivity contribution in [1.82, 2.24) is 15.0 Å². The van der Waals surface area contributed by atoms with E-state index < -0.39 is 74.2 Å². The number of sulfone groups is 1. The zero-order valence-corrected chi connectivity index (χ0v) is 36.0. The minimum atomic E-state index is -4.99. The first-order valence-electron chi connectivity index (χ1n) is 16.1. The second kappa shape index (κ2) is 20.2. The predicted molar refractivity (Wildman–Crippen MR) is 219 cm³/mol. The number of nitrogens with one attached hydrogen (secondary N) is 2. The quantitative estimate of drug-likeness (QED) is 0.0239. The van der Waals surface area contributed by atoms with Crippen LogP contribution in [-0.2, 0) is 58.8 Å². The van der Waals surface area contributed by atoms with Crippen molar-refractivity contribution in [3.63, 3.8) is 0 Å². The number of azo groups is 1. The third kappa shape index (κ3) is 15.1. The number of carbonyl (C=O) groups is 1. The number of nitrogens with zero attached hydrogens (tertiary/aromatic N) is 6. The molecule has 1 amide bonds. The Balaban J connectivity index is 0.000000654. The van der Waals surface area contributed by atoms with Crippen molar-refractivity contribution >= 4 is 121 Å². The fraction of sp³-hybridized carbons (Fsp3) is 0.161. The Hall–Kier alpha value is -5.02. The highest BCUT2D eigenvalue weighted by Crippen LogP contribution is 2.38. The molecule has 0 spiro atoms. The van der Waals surface area contributed by atoms with Gasteiger partial charge in [-0.1, -0.05) is 23.2 Å². The Labute approximate surface area is 356 Å². The Kier molecular flexibility index (Phi) is 16.1. The maximum Gasteiger partial charge on any atom is 0.397 e. The number of hydrogen-bond acceptors (Lipinski definition) is 21. The van der Waals surface area contributed by atoms with Crippen LogP contribution in [-0.4, -0.2) is 99.1 Å². The van der Waals surface area contributed by atoms with Crippen LogP contribution in [0.2, 0.25) is 5.28 Å². The van der Waals surface area contributed by atoms with E-state index in [0.29, 0.717) is 17.7 Å². The Morgan fingerprint density at radius 1 is 0.852 bits per heavy atom. The van der Waals surface area contributed by atoms with E-state index in [1.165, 1.54) is 31.2 Å². The summed E-state index contributed by atoms with van der Waals surface area (Å²) in [5.74, 6) is -0.644. The Bertz CT molecular complexity index is 2880. The van der Waals surface area contributed by atoms with Crippen molar-refractivity contribution < 1.29 is 70.9 Å². The van der Waals surface area contributed by atoms with E-state index in [1.807, 2.05) is 30.3 Å². The molecule has 5 aromatic rings. The summed E-state index contributed by atoms with van der Waals surface area (Å²) in [4.78, 5) is 24.9. The minimum absolute atomic E-state index is 0.00761. The molecule has 24 nitrogen and oxygen atoms in total. The summed E-state index contributed by atoms with van der Waals surface area (Å²) in [5.41, 5.74) is 0.718. The molecule has 1 heterocycles. The van der Waals surface area contributed by atoms with Crippen molar-refractivity contribution in [3.8, 4) is 0 Å². The summed E-state index contributed by atoms with van der Waals surface area (Å²) in [7, 11) is -15.9. The highest BCUT2D eigenvalue weighted by Gasteiger charge is 2.23. The molecule has 61 heavy (non-hydrogen) atoms. The molecule has 4 aromatic carbocycles. The molecule has 6 N–H and O–H groups in total. The third-order valence-corrected chi connectivity index (χ3v) is 11.1. The van der Waals surface area contributed by atoms with Gasteiger partial charge in [0.25, 0.3) is 20.2 Å². The van der Waals surface area contributed by atoms with E-state index >= 15 is 0 Å². The van der Waals surface area contributed by atoms with Crippen LogP contribution >= 0.6 is 23.6 Å². The molecule has 0 aliphatic heterocycles. The molecule has 0 bridgehead atoms. The molecule has 0 radical (unpaired) electrons. The zero-order valence-electron chi connectivity index (χ0n) is 31.1. The second-order valence-corrected chi connectivity index (χ2v) is 19.1.